The minimum Gasteiger partial charge on any atom is -0.481 e. The molecule has 1 N–H and O–H groups in total. The number of carbonyl (C=O) groups excluding carboxylic acids is 1. The quantitative estimate of drug-likeness (QED) is 0.591. The van der Waals surface area contributed by atoms with Crippen LogP contribution >= 0.6 is 0 Å². The van der Waals surface area contributed by atoms with Gasteiger partial charge < -0.3 is 10.0 Å². The molecule has 0 aromatic heterocycles. The number of nitrogens with zero attached hydrogens (tertiary/aromatic N) is 3. The third kappa shape index (κ3) is 4.55. The van der Waals surface area contributed by atoms with Crippen molar-refractivity contribution in [2.24, 2.45) is 23.7 Å². The molecule has 2 saturated carbocycles. The first-order chi connectivity index (χ1) is 17.5. The molecule has 1 aromatic carbocycles. The molecule has 6 heteroatoms. The summed E-state index contributed by atoms with van der Waals surface area (Å²) in [5.74, 6) is 1.47. The maximum atomic E-state index is 13.9. The highest BCUT2D eigenvalue weighted by Gasteiger charge is 2.48. The van der Waals surface area contributed by atoms with Crippen molar-refractivity contribution < 1.29 is 14.7 Å². The lowest BCUT2D eigenvalue weighted by Gasteiger charge is -2.57. The summed E-state index contributed by atoms with van der Waals surface area (Å²) < 4.78 is 0. The lowest BCUT2D eigenvalue weighted by molar-refractivity contribution is -0.141. The Morgan fingerprint density at radius 1 is 0.889 bits per heavy atom. The van der Waals surface area contributed by atoms with E-state index in [0.717, 1.165) is 42.3 Å². The molecule has 196 valence electrons. The molecular weight excluding hydrogens is 450 g/mol. The third-order valence-corrected chi connectivity index (χ3v) is 10.5. The van der Waals surface area contributed by atoms with E-state index in [2.05, 4.69) is 24.0 Å². The van der Waals surface area contributed by atoms with Crippen molar-refractivity contribution in [2.45, 2.75) is 102 Å². The number of amides is 2. The van der Waals surface area contributed by atoms with E-state index < -0.39 is 11.9 Å². The predicted molar refractivity (Wildman–Crippen MR) is 141 cm³/mol. The van der Waals surface area contributed by atoms with Crippen LogP contribution in [0.25, 0.3) is 0 Å². The summed E-state index contributed by atoms with van der Waals surface area (Å²) in [5.41, 5.74) is 0.957. The number of hydrogen-bond donors (Lipinski definition) is 1. The zero-order chi connectivity index (χ0) is 24.8. The van der Waals surface area contributed by atoms with E-state index in [1.54, 1.807) is 4.90 Å². The molecule has 6 nitrogen and oxygen atoms in total. The first kappa shape index (κ1) is 24.3. The molecular formula is C30H43N3O3. The Labute approximate surface area is 216 Å². The SMILES string of the molecule is CC1CCC2CC1CC(N1C3CCCC1CC(N(C(=O)N1CCC(C(=O)O)C1)c1ccccc1)C3)C2. The van der Waals surface area contributed by atoms with Crippen molar-refractivity contribution in [2.75, 3.05) is 18.0 Å². The van der Waals surface area contributed by atoms with Gasteiger partial charge in [-0.05, 0) is 81.3 Å². The maximum absolute atomic E-state index is 13.9. The van der Waals surface area contributed by atoms with Crippen molar-refractivity contribution in [3.63, 3.8) is 0 Å². The summed E-state index contributed by atoms with van der Waals surface area (Å²) in [6.45, 7) is 3.34. The first-order valence-corrected chi connectivity index (χ1v) is 14.6. The second kappa shape index (κ2) is 10.00. The van der Waals surface area contributed by atoms with Gasteiger partial charge in [-0.25, -0.2) is 4.79 Å². The monoisotopic (exact) mass is 493 g/mol. The Bertz CT molecular complexity index is 940. The van der Waals surface area contributed by atoms with Crippen molar-refractivity contribution in [1.82, 2.24) is 9.80 Å². The van der Waals surface area contributed by atoms with Crippen molar-refractivity contribution in [3.8, 4) is 0 Å². The molecule has 3 aliphatic heterocycles. The van der Waals surface area contributed by atoms with E-state index in [1.807, 2.05) is 23.1 Å². The van der Waals surface area contributed by atoms with Gasteiger partial charge >= 0.3 is 12.0 Å². The van der Waals surface area contributed by atoms with Gasteiger partial charge in [0, 0.05) is 42.9 Å². The highest BCUT2D eigenvalue weighted by molar-refractivity contribution is 5.93. The van der Waals surface area contributed by atoms with Gasteiger partial charge in [0.25, 0.3) is 0 Å². The number of likely N-dealkylation sites (tertiary alicyclic amines) is 1. The van der Waals surface area contributed by atoms with Gasteiger partial charge in [0.05, 0.1) is 5.92 Å². The fraction of sp³-hybridized carbons (Fsp3) is 0.733. The van der Waals surface area contributed by atoms with Crippen LogP contribution in [0.2, 0.25) is 0 Å². The van der Waals surface area contributed by atoms with E-state index in [4.69, 9.17) is 0 Å². The van der Waals surface area contributed by atoms with Gasteiger partial charge in [-0.3, -0.25) is 14.6 Å². The zero-order valence-electron chi connectivity index (χ0n) is 21.8. The van der Waals surface area contributed by atoms with Crippen LogP contribution in [0.3, 0.4) is 0 Å². The Balaban J connectivity index is 1.23. The summed E-state index contributed by atoms with van der Waals surface area (Å²) in [6, 6.07) is 12.2. The van der Waals surface area contributed by atoms with E-state index in [9.17, 15) is 14.7 Å². The van der Waals surface area contributed by atoms with Crippen LogP contribution in [-0.2, 0) is 4.79 Å². The molecule has 7 atom stereocenters. The summed E-state index contributed by atoms with van der Waals surface area (Å²) in [6.07, 6.45) is 13.5. The lowest BCUT2D eigenvalue weighted by Crippen LogP contribution is -2.62. The van der Waals surface area contributed by atoms with E-state index in [0.29, 0.717) is 31.6 Å². The minimum atomic E-state index is -0.786. The van der Waals surface area contributed by atoms with Crippen LogP contribution in [-0.4, -0.2) is 64.2 Å². The van der Waals surface area contributed by atoms with Gasteiger partial charge in [-0.15, -0.1) is 0 Å². The number of benzene rings is 1. The molecule has 6 rings (SSSR count). The average molecular weight is 494 g/mol. The van der Waals surface area contributed by atoms with E-state index >= 15 is 0 Å². The number of para-hydroxylation sites is 1. The Hall–Kier alpha value is -2.08. The van der Waals surface area contributed by atoms with Crippen LogP contribution in [0.1, 0.15) is 77.6 Å². The Morgan fingerprint density at radius 3 is 2.33 bits per heavy atom. The van der Waals surface area contributed by atoms with Gasteiger partial charge in [-0.1, -0.05) is 44.4 Å². The van der Waals surface area contributed by atoms with Crippen molar-refractivity contribution >= 4 is 17.7 Å². The van der Waals surface area contributed by atoms with Gasteiger partial charge in [0.2, 0.25) is 0 Å². The van der Waals surface area contributed by atoms with Gasteiger partial charge in [0.15, 0.2) is 0 Å². The standard InChI is InChI=1S/C30H43N3O3/c1-20-10-11-21-14-23(20)16-27(15-21)32-25-8-5-9-26(32)18-28(17-25)33(24-6-3-2-4-7-24)30(36)31-13-12-22(19-31)29(34)35/h2-4,6-7,20-23,25-28H,5,8-19H2,1H3,(H,34,35). The molecule has 2 aliphatic carbocycles. The molecule has 5 aliphatic rings. The Kier molecular flexibility index (Phi) is 6.74. The molecule has 1 aromatic rings. The number of urea groups is 1. The fourth-order valence-electron chi connectivity index (χ4n) is 8.68. The first-order valence-electron chi connectivity index (χ1n) is 14.6. The van der Waals surface area contributed by atoms with Crippen LogP contribution in [0, 0.1) is 23.7 Å². The van der Waals surface area contributed by atoms with Crippen molar-refractivity contribution in [1.29, 1.82) is 0 Å². The largest absolute Gasteiger partial charge is 0.481 e. The number of carboxylic acid groups (broad SMARTS) is 1. The fourth-order valence-corrected chi connectivity index (χ4v) is 8.68. The molecule has 0 radical (unpaired) electrons. The van der Waals surface area contributed by atoms with Crippen LogP contribution < -0.4 is 4.90 Å². The van der Waals surface area contributed by atoms with Crippen LogP contribution in [0.5, 0.6) is 0 Å². The number of aliphatic carboxylic acids is 1. The number of hydrogen-bond acceptors (Lipinski definition) is 3. The summed E-state index contributed by atoms with van der Waals surface area (Å²) in [5, 5.41) is 9.50. The molecule has 7 unspecified atom stereocenters. The molecule has 36 heavy (non-hydrogen) atoms. The maximum Gasteiger partial charge on any atom is 0.324 e. The smallest absolute Gasteiger partial charge is 0.324 e. The van der Waals surface area contributed by atoms with Crippen molar-refractivity contribution in [3.05, 3.63) is 30.3 Å². The molecule has 0 spiro atoms. The minimum absolute atomic E-state index is 0.00231. The normalized spacial score (nSPS) is 38.5. The number of carboxylic acids is 1. The number of fused-ring (bicyclic) bond motifs is 4. The third-order valence-electron chi connectivity index (χ3n) is 10.5. The number of piperidine rings is 2. The lowest BCUT2D eigenvalue weighted by atomic mass is 9.64. The average Bonchev–Trinajstić information content (AvgIpc) is 3.38. The molecule has 3 saturated heterocycles. The molecule has 2 amide bonds. The summed E-state index contributed by atoms with van der Waals surface area (Å²) in [4.78, 5) is 32.3. The predicted octanol–water partition coefficient (Wildman–Crippen LogP) is 5.62. The molecule has 3 heterocycles. The summed E-state index contributed by atoms with van der Waals surface area (Å²) >= 11 is 0. The molecule has 4 bridgehead atoms. The van der Waals surface area contributed by atoms with E-state index in [1.165, 1.54) is 51.4 Å². The highest BCUT2D eigenvalue weighted by Crippen LogP contribution is 2.48. The van der Waals surface area contributed by atoms with Crippen LogP contribution in [0.4, 0.5) is 10.5 Å². The zero-order valence-corrected chi connectivity index (χ0v) is 21.8. The second-order valence-corrected chi connectivity index (χ2v) is 12.6. The van der Waals surface area contributed by atoms with Gasteiger partial charge in [-0.2, -0.15) is 0 Å². The van der Waals surface area contributed by atoms with E-state index in [-0.39, 0.29) is 12.1 Å². The van der Waals surface area contributed by atoms with Crippen LogP contribution in [0.15, 0.2) is 30.3 Å². The number of carbonyl (C=O) groups is 2. The topological polar surface area (TPSA) is 64.1 Å². The number of rotatable bonds is 4. The second-order valence-electron chi connectivity index (χ2n) is 12.6. The highest BCUT2D eigenvalue weighted by atomic mass is 16.4. The molecule has 5 fully saturated rings. The van der Waals surface area contributed by atoms with Gasteiger partial charge in [0.1, 0.15) is 0 Å². The number of anilines is 1. The Morgan fingerprint density at radius 2 is 1.64 bits per heavy atom. The summed E-state index contributed by atoms with van der Waals surface area (Å²) in [7, 11) is 0.